The second kappa shape index (κ2) is 7.40. The third-order valence-corrected chi connectivity index (χ3v) is 2.73. The predicted molar refractivity (Wildman–Crippen MR) is 68.5 cm³/mol. The highest BCUT2D eigenvalue weighted by atomic mass is 19.1. The lowest BCUT2D eigenvalue weighted by Gasteiger charge is -2.27. The van der Waals surface area contributed by atoms with Crippen LogP contribution in [0.4, 0.5) is 4.39 Å². The van der Waals surface area contributed by atoms with E-state index < -0.39 is 17.5 Å². The van der Waals surface area contributed by atoms with Gasteiger partial charge < -0.3 is 25.4 Å². The molecule has 108 valence electrons. The molecule has 6 heteroatoms. The van der Waals surface area contributed by atoms with E-state index in [-0.39, 0.29) is 32.1 Å². The van der Waals surface area contributed by atoms with E-state index in [9.17, 15) is 9.50 Å². The molecule has 0 aliphatic carbocycles. The Morgan fingerprint density at radius 3 is 2.53 bits per heavy atom. The summed E-state index contributed by atoms with van der Waals surface area (Å²) < 4.78 is 18.4. The number of aliphatic hydroxyl groups excluding tert-OH is 3. The first-order chi connectivity index (χ1) is 9.00. The Morgan fingerprint density at radius 2 is 1.95 bits per heavy atom. The minimum Gasteiger partial charge on any atom is -0.488 e. The minimum atomic E-state index is -0.878. The van der Waals surface area contributed by atoms with Crippen molar-refractivity contribution in [1.82, 2.24) is 5.32 Å². The first kappa shape index (κ1) is 15.8. The standard InChI is InChI=1S/C13H20FNO4/c1-13(8-16,9-17)15-6-10(18)7-19-12-5-3-2-4-11(12)14/h2-5,10,15-18H,6-9H2,1H3. The molecule has 1 aromatic rings. The number of nitrogens with one attached hydrogen (secondary N) is 1. The molecule has 0 fully saturated rings. The maximum absolute atomic E-state index is 13.2. The van der Waals surface area contributed by atoms with Gasteiger partial charge in [0.1, 0.15) is 12.7 Å². The Bertz CT molecular complexity index is 385. The van der Waals surface area contributed by atoms with Gasteiger partial charge in [0.25, 0.3) is 0 Å². The van der Waals surface area contributed by atoms with Gasteiger partial charge in [-0.05, 0) is 19.1 Å². The highest BCUT2D eigenvalue weighted by molar-refractivity contribution is 5.23. The Labute approximate surface area is 111 Å². The fraction of sp³-hybridized carbons (Fsp3) is 0.538. The van der Waals surface area contributed by atoms with E-state index in [4.69, 9.17) is 14.9 Å². The third-order valence-electron chi connectivity index (χ3n) is 2.73. The summed E-state index contributed by atoms with van der Waals surface area (Å²) in [6, 6.07) is 5.93. The topological polar surface area (TPSA) is 82.0 Å². The molecule has 0 saturated heterocycles. The lowest BCUT2D eigenvalue weighted by Crippen LogP contribution is -2.52. The molecule has 0 aliphatic heterocycles. The molecule has 4 N–H and O–H groups in total. The monoisotopic (exact) mass is 273 g/mol. The number of benzene rings is 1. The SMILES string of the molecule is CC(CO)(CO)NCC(O)COc1ccccc1F. The van der Waals surface area contributed by atoms with Crippen LogP contribution in [-0.4, -0.2) is 53.3 Å². The number of rotatable bonds is 8. The second-order valence-electron chi connectivity index (χ2n) is 4.65. The summed E-state index contributed by atoms with van der Waals surface area (Å²) in [4.78, 5) is 0. The van der Waals surface area contributed by atoms with E-state index in [1.165, 1.54) is 12.1 Å². The van der Waals surface area contributed by atoms with E-state index in [0.717, 1.165) is 0 Å². The highest BCUT2D eigenvalue weighted by Gasteiger charge is 2.22. The maximum atomic E-state index is 13.2. The van der Waals surface area contributed by atoms with Crippen LogP contribution < -0.4 is 10.1 Å². The van der Waals surface area contributed by atoms with Crippen LogP contribution >= 0.6 is 0 Å². The molecule has 0 amide bonds. The van der Waals surface area contributed by atoms with Gasteiger partial charge in [-0.15, -0.1) is 0 Å². The Balaban J connectivity index is 2.36. The first-order valence-corrected chi connectivity index (χ1v) is 6.03. The van der Waals surface area contributed by atoms with Gasteiger partial charge >= 0.3 is 0 Å². The number of aliphatic hydroxyl groups is 3. The molecule has 19 heavy (non-hydrogen) atoms. The van der Waals surface area contributed by atoms with Crippen LogP contribution in [0, 0.1) is 5.82 Å². The average Bonchev–Trinajstić information content (AvgIpc) is 2.44. The first-order valence-electron chi connectivity index (χ1n) is 6.03. The van der Waals surface area contributed by atoms with Crippen molar-refractivity contribution in [2.45, 2.75) is 18.6 Å². The summed E-state index contributed by atoms with van der Waals surface area (Å²) in [5.74, 6) is -0.410. The van der Waals surface area contributed by atoms with Crippen molar-refractivity contribution in [3.8, 4) is 5.75 Å². The van der Waals surface area contributed by atoms with Crippen molar-refractivity contribution in [1.29, 1.82) is 0 Å². The smallest absolute Gasteiger partial charge is 0.165 e. The van der Waals surface area contributed by atoms with Gasteiger partial charge in [-0.1, -0.05) is 12.1 Å². The van der Waals surface area contributed by atoms with Crippen LogP contribution in [0.3, 0.4) is 0 Å². The summed E-state index contributed by atoms with van der Waals surface area (Å²) in [5, 5.41) is 30.6. The van der Waals surface area contributed by atoms with Gasteiger partial charge in [0.2, 0.25) is 0 Å². The highest BCUT2D eigenvalue weighted by Crippen LogP contribution is 2.15. The lowest BCUT2D eigenvalue weighted by atomic mass is 10.1. The molecule has 0 saturated carbocycles. The molecule has 1 rings (SSSR count). The Morgan fingerprint density at radius 1 is 1.32 bits per heavy atom. The van der Waals surface area contributed by atoms with Crippen molar-refractivity contribution < 1.29 is 24.4 Å². The molecular formula is C13H20FNO4. The van der Waals surface area contributed by atoms with Crippen LogP contribution in [0.1, 0.15) is 6.92 Å². The molecule has 1 atom stereocenters. The molecule has 1 aromatic carbocycles. The third kappa shape index (κ3) is 5.12. The number of hydrogen-bond donors (Lipinski definition) is 4. The summed E-state index contributed by atoms with van der Waals surface area (Å²) in [6.07, 6.45) is -0.878. The van der Waals surface area contributed by atoms with E-state index in [0.29, 0.717) is 0 Å². The number of para-hydroxylation sites is 1. The number of β-amino-alcohol motifs (C(OH)–C–C–N with tert-alkyl or cyclic N) is 1. The van der Waals surface area contributed by atoms with Gasteiger partial charge in [-0.25, -0.2) is 4.39 Å². The zero-order valence-corrected chi connectivity index (χ0v) is 10.8. The lowest BCUT2D eigenvalue weighted by molar-refractivity contribution is 0.0658. The molecule has 0 aromatic heterocycles. The second-order valence-corrected chi connectivity index (χ2v) is 4.65. The van der Waals surface area contributed by atoms with Crippen LogP contribution in [0.15, 0.2) is 24.3 Å². The summed E-state index contributed by atoms with van der Waals surface area (Å²) >= 11 is 0. The quantitative estimate of drug-likeness (QED) is 0.532. The van der Waals surface area contributed by atoms with E-state index >= 15 is 0 Å². The molecule has 0 aliphatic rings. The van der Waals surface area contributed by atoms with Crippen molar-refractivity contribution >= 4 is 0 Å². The predicted octanol–water partition coefficient (Wildman–Crippen LogP) is -0.102. The average molecular weight is 273 g/mol. The molecule has 0 heterocycles. The minimum absolute atomic E-state index is 0.0774. The Hall–Kier alpha value is -1.21. The molecule has 0 radical (unpaired) electrons. The van der Waals surface area contributed by atoms with Crippen molar-refractivity contribution in [2.75, 3.05) is 26.4 Å². The summed E-state index contributed by atoms with van der Waals surface area (Å²) in [6.45, 7) is 1.14. The number of halogens is 1. The zero-order valence-electron chi connectivity index (χ0n) is 10.8. The van der Waals surface area contributed by atoms with Gasteiger partial charge in [0, 0.05) is 6.54 Å². The van der Waals surface area contributed by atoms with Crippen LogP contribution in [0.5, 0.6) is 5.75 Å². The Kier molecular flexibility index (Phi) is 6.17. The van der Waals surface area contributed by atoms with Gasteiger partial charge in [-0.2, -0.15) is 0 Å². The normalized spacial score (nSPS) is 13.3. The molecule has 5 nitrogen and oxygen atoms in total. The molecule has 1 unspecified atom stereocenters. The van der Waals surface area contributed by atoms with E-state index in [1.807, 2.05) is 0 Å². The number of ether oxygens (including phenoxy) is 1. The summed E-state index contributed by atoms with van der Waals surface area (Å²) in [7, 11) is 0. The fourth-order valence-corrected chi connectivity index (χ4v) is 1.33. The van der Waals surface area contributed by atoms with Crippen molar-refractivity contribution in [2.24, 2.45) is 0 Å². The van der Waals surface area contributed by atoms with Gasteiger partial charge in [-0.3, -0.25) is 0 Å². The van der Waals surface area contributed by atoms with E-state index in [1.54, 1.807) is 19.1 Å². The molecule has 0 bridgehead atoms. The van der Waals surface area contributed by atoms with Crippen LogP contribution in [0.2, 0.25) is 0 Å². The fourth-order valence-electron chi connectivity index (χ4n) is 1.33. The number of hydrogen-bond acceptors (Lipinski definition) is 5. The molecular weight excluding hydrogens is 253 g/mol. The largest absolute Gasteiger partial charge is 0.488 e. The molecule has 0 spiro atoms. The van der Waals surface area contributed by atoms with E-state index in [2.05, 4.69) is 5.32 Å². The summed E-state index contributed by atoms with van der Waals surface area (Å²) in [5.41, 5.74) is -0.862. The maximum Gasteiger partial charge on any atom is 0.165 e. The van der Waals surface area contributed by atoms with Crippen LogP contribution in [0.25, 0.3) is 0 Å². The van der Waals surface area contributed by atoms with Gasteiger partial charge in [0.15, 0.2) is 11.6 Å². The zero-order chi connectivity index (χ0) is 14.3. The van der Waals surface area contributed by atoms with Crippen LogP contribution in [-0.2, 0) is 0 Å². The van der Waals surface area contributed by atoms with Crippen molar-refractivity contribution in [3.05, 3.63) is 30.1 Å². The van der Waals surface area contributed by atoms with Crippen molar-refractivity contribution in [3.63, 3.8) is 0 Å². The van der Waals surface area contributed by atoms with Gasteiger partial charge in [0.05, 0.1) is 18.8 Å².